The predicted molar refractivity (Wildman–Crippen MR) is 87.3 cm³/mol. The first kappa shape index (κ1) is 15.5. The summed E-state index contributed by atoms with van der Waals surface area (Å²) in [6.07, 6.45) is 6.86. The Kier molecular flexibility index (Phi) is 4.55. The SMILES string of the molecule is CN(C)c1ccc(C(=O)N2CCCC[C@H]2Cn2cccn2)nn1. The summed E-state index contributed by atoms with van der Waals surface area (Å²) in [5.41, 5.74) is 0.406. The van der Waals surface area contributed by atoms with Crippen molar-refractivity contribution in [2.75, 3.05) is 25.5 Å². The molecular formula is C16H22N6O. The molecule has 0 aliphatic carbocycles. The highest BCUT2D eigenvalue weighted by atomic mass is 16.2. The molecule has 3 rings (SSSR count). The largest absolute Gasteiger partial charge is 0.361 e. The minimum absolute atomic E-state index is 0.0420. The van der Waals surface area contributed by atoms with Gasteiger partial charge in [-0.25, -0.2) is 0 Å². The van der Waals surface area contributed by atoms with E-state index in [1.165, 1.54) is 0 Å². The van der Waals surface area contributed by atoms with Crippen molar-refractivity contribution in [3.63, 3.8) is 0 Å². The number of anilines is 1. The van der Waals surface area contributed by atoms with Gasteiger partial charge in [0.15, 0.2) is 11.5 Å². The van der Waals surface area contributed by atoms with E-state index in [4.69, 9.17) is 0 Å². The summed E-state index contributed by atoms with van der Waals surface area (Å²) in [5, 5.41) is 12.5. The van der Waals surface area contributed by atoms with Crippen LogP contribution in [0.4, 0.5) is 5.82 Å². The Morgan fingerprint density at radius 3 is 2.83 bits per heavy atom. The van der Waals surface area contributed by atoms with Gasteiger partial charge in [0.2, 0.25) is 0 Å². The second-order valence-corrected chi connectivity index (χ2v) is 6.05. The Bertz CT molecular complexity index is 637. The van der Waals surface area contributed by atoms with Gasteiger partial charge in [0.25, 0.3) is 5.91 Å². The molecule has 7 nitrogen and oxygen atoms in total. The van der Waals surface area contributed by atoms with Crippen molar-refractivity contribution in [3.8, 4) is 0 Å². The van der Waals surface area contributed by atoms with Crippen LogP contribution in [0.3, 0.4) is 0 Å². The molecule has 1 aliphatic heterocycles. The second-order valence-electron chi connectivity index (χ2n) is 6.05. The Balaban J connectivity index is 1.75. The molecule has 1 saturated heterocycles. The highest BCUT2D eigenvalue weighted by Gasteiger charge is 2.28. The topological polar surface area (TPSA) is 67.2 Å². The lowest BCUT2D eigenvalue weighted by molar-refractivity contribution is 0.0576. The molecule has 1 fully saturated rings. The van der Waals surface area contributed by atoms with E-state index in [0.29, 0.717) is 5.69 Å². The Morgan fingerprint density at radius 1 is 1.30 bits per heavy atom. The van der Waals surface area contributed by atoms with Crippen molar-refractivity contribution in [2.45, 2.75) is 31.8 Å². The molecule has 1 amide bonds. The fourth-order valence-corrected chi connectivity index (χ4v) is 2.91. The van der Waals surface area contributed by atoms with E-state index >= 15 is 0 Å². The van der Waals surface area contributed by atoms with Crippen molar-refractivity contribution in [1.82, 2.24) is 24.9 Å². The maximum Gasteiger partial charge on any atom is 0.274 e. The summed E-state index contributed by atoms with van der Waals surface area (Å²) < 4.78 is 1.89. The number of carbonyl (C=O) groups is 1. The molecular weight excluding hydrogens is 292 g/mol. The van der Waals surface area contributed by atoms with Gasteiger partial charge in [-0.1, -0.05) is 0 Å². The van der Waals surface area contributed by atoms with Crippen molar-refractivity contribution < 1.29 is 4.79 Å². The Morgan fingerprint density at radius 2 is 2.17 bits per heavy atom. The van der Waals surface area contributed by atoms with E-state index in [0.717, 1.165) is 38.2 Å². The number of amides is 1. The first-order valence-corrected chi connectivity index (χ1v) is 7.94. The fourth-order valence-electron chi connectivity index (χ4n) is 2.91. The lowest BCUT2D eigenvalue weighted by Gasteiger charge is -2.35. The molecule has 2 aromatic heterocycles. The molecule has 0 bridgehead atoms. The molecule has 7 heteroatoms. The number of piperidine rings is 1. The van der Waals surface area contributed by atoms with Gasteiger partial charge >= 0.3 is 0 Å². The van der Waals surface area contributed by atoms with Gasteiger partial charge in [-0.05, 0) is 37.5 Å². The highest BCUT2D eigenvalue weighted by molar-refractivity contribution is 5.92. The smallest absolute Gasteiger partial charge is 0.274 e. The molecule has 0 saturated carbocycles. The minimum atomic E-state index is -0.0420. The standard InChI is InChI=1S/C16H22N6O/c1-20(2)15-8-7-14(18-19-15)16(23)22-11-4-3-6-13(22)12-21-10-5-9-17-21/h5,7-10,13H,3-4,6,11-12H2,1-2H3/t13-/m0/s1. The first-order valence-electron chi connectivity index (χ1n) is 7.94. The quantitative estimate of drug-likeness (QED) is 0.854. The van der Waals surface area contributed by atoms with E-state index in [-0.39, 0.29) is 11.9 Å². The molecule has 0 spiro atoms. The number of likely N-dealkylation sites (tertiary alicyclic amines) is 1. The summed E-state index contributed by atoms with van der Waals surface area (Å²) in [4.78, 5) is 16.6. The summed E-state index contributed by atoms with van der Waals surface area (Å²) in [5.74, 6) is 0.702. The summed E-state index contributed by atoms with van der Waals surface area (Å²) >= 11 is 0. The average Bonchev–Trinajstić information content (AvgIpc) is 3.08. The summed E-state index contributed by atoms with van der Waals surface area (Å²) in [7, 11) is 3.80. The minimum Gasteiger partial charge on any atom is -0.361 e. The van der Waals surface area contributed by atoms with Crippen LogP contribution >= 0.6 is 0 Å². The van der Waals surface area contributed by atoms with Crippen LogP contribution in [0.2, 0.25) is 0 Å². The third kappa shape index (κ3) is 3.49. The molecule has 3 heterocycles. The van der Waals surface area contributed by atoms with Gasteiger partial charge in [0.1, 0.15) is 0 Å². The fraction of sp³-hybridized carbons (Fsp3) is 0.500. The molecule has 122 valence electrons. The van der Waals surface area contributed by atoms with Crippen LogP contribution in [0.1, 0.15) is 29.8 Å². The normalized spacial score (nSPS) is 18.0. The average molecular weight is 314 g/mol. The number of hydrogen-bond donors (Lipinski definition) is 0. The third-order valence-corrected chi connectivity index (χ3v) is 4.17. The van der Waals surface area contributed by atoms with E-state index in [1.807, 2.05) is 46.9 Å². The van der Waals surface area contributed by atoms with Gasteiger partial charge < -0.3 is 9.80 Å². The lowest BCUT2D eigenvalue weighted by atomic mass is 10.0. The van der Waals surface area contributed by atoms with Gasteiger partial charge in [0.05, 0.1) is 12.6 Å². The number of nitrogens with zero attached hydrogens (tertiary/aromatic N) is 6. The second kappa shape index (κ2) is 6.76. The summed E-state index contributed by atoms with van der Waals surface area (Å²) in [6.45, 7) is 1.49. The molecule has 23 heavy (non-hydrogen) atoms. The zero-order chi connectivity index (χ0) is 16.2. The molecule has 0 unspecified atom stereocenters. The number of carbonyl (C=O) groups excluding carboxylic acids is 1. The molecule has 2 aromatic rings. The van der Waals surface area contributed by atoms with E-state index < -0.39 is 0 Å². The zero-order valence-electron chi connectivity index (χ0n) is 13.6. The van der Waals surface area contributed by atoms with Gasteiger partial charge in [-0.2, -0.15) is 5.10 Å². The van der Waals surface area contributed by atoms with Crippen LogP contribution in [-0.2, 0) is 6.54 Å². The molecule has 0 aromatic carbocycles. The molecule has 0 radical (unpaired) electrons. The summed E-state index contributed by atoms with van der Waals surface area (Å²) in [6, 6.07) is 5.64. The predicted octanol–water partition coefficient (Wildman–Crippen LogP) is 1.43. The van der Waals surface area contributed by atoms with Crippen LogP contribution in [0.15, 0.2) is 30.6 Å². The molecule has 1 aliphatic rings. The van der Waals surface area contributed by atoms with Crippen molar-refractivity contribution in [2.24, 2.45) is 0 Å². The van der Waals surface area contributed by atoms with Gasteiger partial charge in [-0.15, -0.1) is 10.2 Å². The number of rotatable bonds is 4. The number of hydrogen-bond acceptors (Lipinski definition) is 5. The maximum absolute atomic E-state index is 12.8. The van der Waals surface area contributed by atoms with Crippen LogP contribution < -0.4 is 4.90 Å². The highest BCUT2D eigenvalue weighted by Crippen LogP contribution is 2.20. The van der Waals surface area contributed by atoms with Crippen molar-refractivity contribution in [1.29, 1.82) is 0 Å². The van der Waals surface area contributed by atoms with E-state index in [2.05, 4.69) is 15.3 Å². The van der Waals surface area contributed by atoms with Crippen LogP contribution in [0.25, 0.3) is 0 Å². The maximum atomic E-state index is 12.8. The lowest BCUT2D eigenvalue weighted by Crippen LogP contribution is -2.46. The Hall–Kier alpha value is -2.44. The van der Waals surface area contributed by atoms with Crippen molar-refractivity contribution >= 4 is 11.7 Å². The monoisotopic (exact) mass is 314 g/mol. The van der Waals surface area contributed by atoms with Gasteiger partial charge in [-0.3, -0.25) is 9.48 Å². The van der Waals surface area contributed by atoms with Crippen LogP contribution in [-0.4, -0.2) is 57.5 Å². The first-order chi connectivity index (χ1) is 11.1. The van der Waals surface area contributed by atoms with Crippen LogP contribution in [0, 0.1) is 0 Å². The van der Waals surface area contributed by atoms with E-state index in [1.54, 1.807) is 12.3 Å². The van der Waals surface area contributed by atoms with Crippen molar-refractivity contribution in [3.05, 3.63) is 36.3 Å². The zero-order valence-corrected chi connectivity index (χ0v) is 13.6. The Labute approximate surface area is 135 Å². The van der Waals surface area contributed by atoms with E-state index in [9.17, 15) is 4.79 Å². The molecule has 0 N–H and O–H groups in total. The third-order valence-electron chi connectivity index (χ3n) is 4.17. The molecule has 1 atom stereocenters. The van der Waals surface area contributed by atoms with Crippen LogP contribution in [0.5, 0.6) is 0 Å². The number of aromatic nitrogens is 4. The van der Waals surface area contributed by atoms with Gasteiger partial charge in [0, 0.05) is 33.0 Å².